The number of carbonyl (C=O) groups is 1. The van der Waals surface area contributed by atoms with Crippen molar-refractivity contribution < 1.29 is 9.53 Å². The Kier molecular flexibility index (Phi) is 7.28. The quantitative estimate of drug-likeness (QED) is 0.319. The summed E-state index contributed by atoms with van der Waals surface area (Å²) in [5.74, 6) is 0.718. The second-order valence-corrected chi connectivity index (χ2v) is 9.46. The molecule has 0 bridgehead atoms. The first-order chi connectivity index (χ1) is 15.9. The Morgan fingerprint density at radius 3 is 2.61 bits per heavy atom. The van der Waals surface area contributed by atoms with Gasteiger partial charge in [0.1, 0.15) is 5.75 Å². The number of ether oxygens (including phenoxy) is 1. The summed E-state index contributed by atoms with van der Waals surface area (Å²) in [5.41, 5.74) is 3.34. The van der Waals surface area contributed by atoms with Crippen molar-refractivity contribution in [2.75, 3.05) is 34.3 Å². The van der Waals surface area contributed by atoms with Gasteiger partial charge in [-0.05, 0) is 67.5 Å². The van der Waals surface area contributed by atoms with Crippen molar-refractivity contribution in [3.63, 3.8) is 0 Å². The van der Waals surface area contributed by atoms with Crippen molar-refractivity contribution in [2.24, 2.45) is 0 Å². The zero-order valence-electron chi connectivity index (χ0n) is 18.9. The number of nitrogens with zero attached hydrogens (tertiary/aromatic N) is 3. The van der Waals surface area contributed by atoms with Gasteiger partial charge in [-0.15, -0.1) is 11.3 Å². The molecule has 0 aliphatic carbocycles. The molecule has 0 spiro atoms. The Balaban J connectivity index is 1.76. The average Bonchev–Trinajstić information content (AvgIpc) is 3.35. The maximum Gasteiger partial charge on any atom is 0.254 e. The molecule has 33 heavy (non-hydrogen) atoms. The lowest BCUT2D eigenvalue weighted by Gasteiger charge is -2.26. The van der Waals surface area contributed by atoms with Crippen LogP contribution in [0.5, 0.6) is 5.75 Å². The summed E-state index contributed by atoms with van der Waals surface area (Å²) in [6, 6.07) is 19.2. The van der Waals surface area contributed by atoms with Crippen LogP contribution in [0, 0.1) is 0 Å². The molecule has 7 heteroatoms. The summed E-state index contributed by atoms with van der Waals surface area (Å²) in [5, 5.41) is 3.60. The number of likely N-dealkylation sites (N-methyl/N-ethyl adjacent to an activating group) is 1. The minimum atomic E-state index is -0.0497. The van der Waals surface area contributed by atoms with E-state index in [9.17, 15) is 4.79 Å². The van der Waals surface area contributed by atoms with E-state index in [2.05, 4.69) is 17.0 Å². The average molecular weight is 480 g/mol. The SMILES string of the molecule is COc1ccc2cc(CN(CCN(C)C)C(=O)c3cccc(Cl)c3)c(-c3cccs3)nc2c1. The van der Waals surface area contributed by atoms with Crippen LogP contribution in [0.1, 0.15) is 15.9 Å². The van der Waals surface area contributed by atoms with Gasteiger partial charge in [-0.3, -0.25) is 4.79 Å². The number of rotatable bonds is 8. The van der Waals surface area contributed by atoms with E-state index in [1.165, 1.54) is 0 Å². The Morgan fingerprint density at radius 1 is 1.06 bits per heavy atom. The molecule has 2 heterocycles. The van der Waals surface area contributed by atoms with E-state index in [4.69, 9.17) is 21.3 Å². The molecule has 0 radical (unpaired) electrons. The maximum absolute atomic E-state index is 13.5. The first-order valence-electron chi connectivity index (χ1n) is 10.7. The predicted molar refractivity (Wildman–Crippen MR) is 136 cm³/mol. The number of aromatic nitrogens is 1. The topological polar surface area (TPSA) is 45.7 Å². The van der Waals surface area contributed by atoms with E-state index < -0.39 is 0 Å². The Bertz CT molecular complexity index is 1260. The molecule has 4 rings (SSSR count). The molecule has 2 aromatic carbocycles. The number of amides is 1. The summed E-state index contributed by atoms with van der Waals surface area (Å²) in [4.78, 5) is 23.5. The van der Waals surface area contributed by atoms with E-state index in [-0.39, 0.29) is 5.91 Å². The lowest BCUT2D eigenvalue weighted by atomic mass is 10.1. The molecule has 170 valence electrons. The van der Waals surface area contributed by atoms with Gasteiger partial charge in [0.15, 0.2) is 0 Å². The molecule has 0 aliphatic rings. The zero-order valence-corrected chi connectivity index (χ0v) is 20.5. The summed E-state index contributed by atoms with van der Waals surface area (Å²) in [6.45, 7) is 1.78. The molecule has 0 saturated heterocycles. The molecule has 0 aliphatic heterocycles. The van der Waals surface area contributed by atoms with Crippen LogP contribution in [0.4, 0.5) is 0 Å². The lowest BCUT2D eigenvalue weighted by Crippen LogP contribution is -2.36. The highest BCUT2D eigenvalue weighted by molar-refractivity contribution is 7.13. The largest absolute Gasteiger partial charge is 0.497 e. The fraction of sp³-hybridized carbons (Fsp3) is 0.231. The van der Waals surface area contributed by atoms with E-state index in [0.717, 1.165) is 39.3 Å². The fourth-order valence-electron chi connectivity index (χ4n) is 3.65. The van der Waals surface area contributed by atoms with Crippen LogP contribution in [0.3, 0.4) is 0 Å². The van der Waals surface area contributed by atoms with Crippen LogP contribution in [0.2, 0.25) is 5.02 Å². The first kappa shape index (κ1) is 23.2. The number of pyridine rings is 1. The van der Waals surface area contributed by atoms with Gasteiger partial charge < -0.3 is 14.5 Å². The fourth-order valence-corrected chi connectivity index (χ4v) is 4.59. The van der Waals surface area contributed by atoms with Crippen molar-refractivity contribution in [3.8, 4) is 16.3 Å². The predicted octanol–water partition coefficient (Wildman–Crippen LogP) is 5.83. The first-order valence-corrected chi connectivity index (χ1v) is 11.9. The summed E-state index contributed by atoms with van der Waals surface area (Å²) < 4.78 is 5.39. The molecule has 0 N–H and O–H groups in total. The molecular formula is C26H26ClN3O2S. The third kappa shape index (κ3) is 5.53. The van der Waals surface area contributed by atoms with Crippen LogP contribution in [0.15, 0.2) is 66.0 Å². The van der Waals surface area contributed by atoms with Gasteiger partial charge in [-0.2, -0.15) is 0 Å². The number of hydrogen-bond donors (Lipinski definition) is 0. The molecular weight excluding hydrogens is 454 g/mol. The normalized spacial score (nSPS) is 11.2. The van der Waals surface area contributed by atoms with Gasteiger partial charge in [-0.1, -0.05) is 23.7 Å². The van der Waals surface area contributed by atoms with Crippen LogP contribution >= 0.6 is 22.9 Å². The molecule has 5 nitrogen and oxygen atoms in total. The van der Waals surface area contributed by atoms with Crippen molar-refractivity contribution in [2.45, 2.75) is 6.54 Å². The number of methoxy groups -OCH3 is 1. The number of carbonyl (C=O) groups excluding carboxylic acids is 1. The standard InChI is InChI=1S/C26H26ClN3O2S/c1-29(2)11-12-30(26(31)19-6-4-7-21(27)15-19)17-20-14-18-9-10-22(32-3)16-23(18)28-25(20)24-8-5-13-33-24/h4-10,13-16H,11-12,17H2,1-3H3. The smallest absolute Gasteiger partial charge is 0.254 e. The molecule has 0 fully saturated rings. The second kappa shape index (κ2) is 10.3. The molecule has 2 aromatic heterocycles. The van der Waals surface area contributed by atoms with Gasteiger partial charge in [0.25, 0.3) is 5.91 Å². The number of halogens is 1. The van der Waals surface area contributed by atoms with Gasteiger partial charge in [0.2, 0.25) is 0 Å². The van der Waals surface area contributed by atoms with E-state index in [1.807, 2.05) is 60.8 Å². The summed E-state index contributed by atoms with van der Waals surface area (Å²) in [7, 11) is 5.66. The summed E-state index contributed by atoms with van der Waals surface area (Å²) in [6.07, 6.45) is 0. The molecule has 1 amide bonds. The van der Waals surface area contributed by atoms with Crippen LogP contribution < -0.4 is 4.74 Å². The van der Waals surface area contributed by atoms with Crippen molar-refractivity contribution in [3.05, 3.63) is 82.2 Å². The monoisotopic (exact) mass is 479 g/mol. The van der Waals surface area contributed by atoms with Crippen molar-refractivity contribution >= 4 is 39.7 Å². The Hall–Kier alpha value is -2.93. The Morgan fingerprint density at radius 2 is 1.91 bits per heavy atom. The van der Waals surface area contributed by atoms with E-state index >= 15 is 0 Å². The number of thiophene rings is 1. The van der Waals surface area contributed by atoms with Gasteiger partial charge in [-0.25, -0.2) is 4.98 Å². The minimum absolute atomic E-state index is 0.0497. The number of fused-ring (bicyclic) bond motifs is 1. The van der Waals surface area contributed by atoms with Gasteiger partial charge in [0, 0.05) is 41.7 Å². The molecule has 0 saturated carbocycles. The molecule has 0 atom stereocenters. The highest BCUT2D eigenvalue weighted by Gasteiger charge is 2.20. The highest BCUT2D eigenvalue weighted by Crippen LogP contribution is 2.31. The summed E-state index contributed by atoms with van der Waals surface area (Å²) >= 11 is 7.80. The third-order valence-corrected chi connectivity index (χ3v) is 6.51. The van der Waals surface area contributed by atoms with Crippen LogP contribution in [0.25, 0.3) is 21.5 Å². The van der Waals surface area contributed by atoms with Crippen molar-refractivity contribution in [1.82, 2.24) is 14.8 Å². The number of benzene rings is 2. The molecule has 4 aromatic rings. The van der Waals surface area contributed by atoms with Crippen LogP contribution in [-0.2, 0) is 6.54 Å². The van der Waals surface area contributed by atoms with Crippen molar-refractivity contribution in [1.29, 1.82) is 0 Å². The Labute approximate surface area is 203 Å². The minimum Gasteiger partial charge on any atom is -0.497 e. The van der Waals surface area contributed by atoms with Gasteiger partial charge in [0.05, 0.1) is 23.2 Å². The highest BCUT2D eigenvalue weighted by atomic mass is 35.5. The van der Waals surface area contributed by atoms with Gasteiger partial charge >= 0.3 is 0 Å². The second-order valence-electron chi connectivity index (χ2n) is 8.07. The van der Waals surface area contributed by atoms with Crippen LogP contribution in [-0.4, -0.2) is 55.0 Å². The number of hydrogen-bond acceptors (Lipinski definition) is 5. The third-order valence-electron chi connectivity index (χ3n) is 5.40. The van der Waals surface area contributed by atoms with E-state index in [1.54, 1.807) is 30.6 Å². The zero-order chi connectivity index (χ0) is 23.4. The molecule has 0 unspecified atom stereocenters. The van der Waals surface area contributed by atoms with E-state index in [0.29, 0.717) is 23.7 Å². The lowest BCUT2D eigenvalue weighted by molar-refractivity contribution is 0.0732. The maximum atomic E-state index is 13.5.